The molecular formula is C12H23N3O4. The highest BCUT2D eigenvalue weighted by Crippen LogP contribution is 2.30. The van der Waals surface area contributed by atoms with Crippen molar-refractivity contribution in [1.82, 2.24) is 4.90 Å². The van der Waals surface area contributed by atoms with Gasteiger partial charge in [-0.25, -0.2) is 0 Å². The molecule has 1 aliphatic heterocycles. The van der Waals surface area contributed by atoms with E-state index in [1.165, 1.54) is 0 Å². The lowest BCUT2D eigenvalue weighted by Crippen LogP contribution is -2.55. The van der Waals surface area contributed by atoms with Crippen molar-refractivity contribution in [3.63, 3.8) is 0 Å². The number of aliphatic hydroxyl groups is 1. The van der Waals surface area contributed by atoms with Crippen LogP contribution in [-0.2, 0) is 9.53 Å². The van der Waals surface area contributed by atoms with Crippen LogP contribution in [0.1, 0.15) is 26.7 Å². The molecule has 1 atom stereocenters. The lowest BCUT2D eigenvalue weighted by Gasteiger charge is -2.39. The van der Waals surface area contributed by atoms with Gasteiger partial charge in [0.1, 0.15) is 5.41 Å². The van der Waals surface area contributed by atoms with E-state index in [-0.39, 0.29) is 24.5 Å². The Labute approximate surface area is 113 Å². The summed E-state index contributed by atoms with van der Waals surface area (Å²) in [7, 11) is 0. The SMILES string of the molecule is CCC(CC)(C(=O)N1CCOC(CO)C1)C(N)=NO. The molecule has 0 aromatic carbocycles. The van der Waals surface area contributed by atoms with Gasteiger partial charge < -0.3 is 25.7 Å². The first-order chi connectivity index (χ1) is 9.05. The van der Waals surface area contributed by atoms with Crippen molar-refractivity contribution < 1.29 is 19.8 Å². The lowest BCUT2D eigenvalue weighted by molar-refractivity contribution is -0.147. The van der Waals surface area contributed by atoms with E-state index in [0.29, 0.717) is 32.5 Å². The van der Waals surface area contributed by atoms with E-state index in [9.17, 15) is 4.79 Å². The number of amidine groups is 1. The molecule has 1 aliphatic rings. The number of nitrogens with two attached hydrogens (primary N) is 1. The third kappa shape index (κ3) is 2.98. The van der Waals surface area contributed by atoms with E-state index in [2.05, 4.69) is 5.16 Å². The molecule has 4 N–H and O–H groups in total. The fourth-order valence-electron chi connectivity index (χ4n) is 2.44. The summed E-state index contributed by atoms with van der Waals surface area (Å²) in [6.45, 7) is 4.72. The summed E-state index contributed by atoms with van der Waals surface area (Å²) in [4.78, 5) is 14.3. The van der Waals surface area contributed by atoms with Gasteiger partial charge in [0.25, 0.3) is 0 Å². The smallest absolute Gasteiger partial charge is 0.236 e. The summed E-state index contributed by atoms with van der Waals surface area (Å²) in [5, 5.41) is 21.0. The van der Waals surface area contributed by atoms with Crippen molar-refractivity contribution >= 4 is 11.7 Å². The average molecular weight is 273 g/mol. The molecule has 0 bridgehead atoms. The van der Waals surface area contributed by atoms with Crippen molar-refractivity contribution in [2.75, 3.05) is 26.3 Å². The maximum Gasteiger partial charge on any atom is 0.236 e. The van der Waals surface area contributed by atoms with Crippen LogP contribution in [0.15, 0.2) is 5.16 Å². The molecule has 0 saturated carbocycles. The number of oxime groups is 1. The first-order valence-electron chi connectivity index (χ1n) is 6.55. The Kier molecular flexibility index (Phi) is 5.56. The number of carbonyl (C=O) groups is 1. The van der Waals surface area contributed by atoms with Gasteiger partial charge >= 0.3 is 0 Å². The fraction of sp³-hybridized carbons (Fsp3) is 0.833. The molecule has 0 radical (unpaired) electrons. The van der Waals surface area contributed by atoms with Crippen LogP contribution in [-0.4, -0.2) is 59.4 Å². The molecule has 19 heavy (non-hydrogen) atoms. The van der Waals surface area contributed by atoms with Crippen molar-refractivity contribution in [3.8, 4) is 0 Å². The van der Waals surface area contributed by atoms with Crippen LogP contribution in [0.5, 0.6) is 0 Å². The maximum atomic E-state index is 12.7. The van der Waals surface area contributed by atoms with Crippen LogP contribution in [0.25, 0.3) is 0 Å². The minimum Gasteiger partial charge on any atom is -0.409 e. The van der Waals surface area contributed by atoms with Gasteiger partial charge in [0.05, 0.1) is 19.3 Å². The minimum absolute atomic E-state index is 0.0606. The van der Waals surface area contributed by atoms with Gasteiger partial charge in [0.2, 0.25) is 5.91 Å². The molecule has 0 spiro atoms. The highest BCUT2D eigenvalue weighted by atomic mass is 16.5. The van der Waals surface area contributed by atoms with Crippen LogP contribution < -0.4 is 5.73 Å². The second-order valence-electron chi connectivity index (χ2n) is 4.70. The maximum absolute atomic E-state index is 12.7. The molecule has 0 aromatic rings. The van der Waals surface area contributed by atoms with Gasteiger partial charge in [-0.2, -0.15) is 0 Å². The third-order valence-corrected chi connectivity index (χ3v) is 3.84. The van der Waals surface area contributed by atoms with Crippen molar-refractivity contribution in [2.24, 2.45) is 16.3 Å². The summed E-state index contributed by atoms with van der Waals surface area (Å²) < 4.78 is 5.32. The Bertz CT molecular complexity index is 342. The number of ether oxygens (including phenoxy) is 1. The monoisotopic (exact) mass is 273 g/mol. The summed E-state index contributed by atoms with van der Waals surface area (Å²) >= 11 is 0. The van der Waals surface area contributed by atoms with Gasteiger partial charge in [0.15, 0.2) is 5.84 Å². The molecule has 0 aliphatic carbocycles. The standard InChI is InChI=1S/C12H23N3O4/c1-3-12(4-2,10(13)14-18)11(17)15-5-6-19-9(7-15)8-16/h9,16,18H,3-8H2,1-2H3,(H2,13,14). The van der Waals surface area contributed by atoms with Crippen LogP contribution in [0.4, 0.5) is 0 Å². The first-order valence-corrected chi connectivity index (χ1v) is 6.55. The predicted octanol–water partition coefficient (Wildman–Crippen LogP) is -0.241. The molecule has 1 rings (SSSR count). The molecule has 1 heterocycles. The van der Waals surface area contributed by atoms with Crippen molar-refractivity contribution in [2.45, 2.75) is 32.8 Å². The molecule has 7 heteroatoms. The number of hydrogen-bond acceptors (Lipinski definition) is 5. The van der Waals surface area contributed by atoms with Crippen LogP contribution in [0, 0.1) is 5.41 Å². The topological polar surface area (TPSA) is 108 Å². The second-order valence-corrected chi connectivity index (χ2v) is 4.70. The van der Waals surface area contributed by atoms with Crippen molar-refractivity contribution in [1.29, 1.82) is 0 Å². The number of rotatable bonds is 5. The number of carbonyl (C=O) groups excluding carboxylic acids is 1. The van der Waals surface area contributed by atoms with Crippen molar-refractivity contribution in [3.05, 3.63) is 0 Å². The zero-order valence-corrected chi connectivity index (χ0v) is 11.5. The largest absolute Gasteiger partial charge is 0.409 e. The molecule has 1 unspecified atom stereocenters. The van der Waals surface area contributed by atoms with Gasteiger partial charge in [-0.15, -0.1) is 0 Å². The van der Waals surface area contributed by atoms with Gasteiger partial charge in [0, 0.05) is 13.1 Å². The molecular weight excluding hydrogens is 250 g/mol. The van der Waals surface area contributed by atoms with Gasteiger partial charge in [-0.3, -0.25) is 4.79 Å². The fourth-order valence-corrected chi connectivity index (χ4v) is 2.44. The Balaban J connectivity index is 2.94. The number of hydrogen-bond donors (Lipinski definition) is 3. The Morgan fingerprint density at radius 3 is 2.63 bits per heavy atom. The third-order valence-electron chi connectivity index (χ3n) is 3.84. The number of amides is 1. The highest BCUT2D eigenvalue weighted by Gasteiger charge is 2.43. The predicted molar refractivity (Wildman–Crippen MR) is 69.8 cm³/mol. The summed E-state index contributed by atoms with van der Waals surface area (Å²) in [5.41, 5.74) is 4.74. The molecule has 110 valence electrons. The molecule has 1 fully saturated rings. The van der Waals surface area contributed by atoms with E-state index >= 15 is 0 Å². The lowest BCUT2D eigenvalue weighted by atomic mass is 9.79. The Morgan fingerprint density at radius 2 is 2.16 bits per heavy atom. The minimum atomic E-state index is -0.980. The van der Waals surface area contributed by atoms with Gasteiger partial charge in [-0.1, -0.05) is 19.0 Å². The normalized spacial score (nSPS) is 21.5. The van der Waals surface area contributed by atoms with Crippen LogP contribution in [0.2, 0.25) is 0 Å². The highest BCUT2D eigenvalue weighted by molar-refractivity contribution is 6.06. The zero-order chi connectivity index (χ0) is 14.5. The summed E-state index contributed by atoms with van der Waals surface area (Å²) in [5.74, 6) is -0.232. The van der Waals surface area contributed by atoms with Crippen LogP contribution >= 0.6 is 0 Å². The first kappa shape index (κ1) is 15.7. The summed E-state index contributed by atoms with van der Waals surface area (Å²) in [6, 6.07) is 0. The summed E-state index contributed by atoms with van der Waals surface area (Å²) in [6.07, 6.45) is 0.551. The average Bonchev–Trinajstić information content (AvgIpc) is 2.48. The quantitative estimate of drug-likeness (QED) is 0.277. The zero-order valence-electron chi connectivity index (χ0n) is 11.5. The van der Waals surface area contributed by atoms with E-state index in [1.807, 2.05) is 13.8 Å². The van der Waals surface area contributed by atoms with E-state index in [1.54, 1.807) is 4.90 Å². The second kappa shape index (κ2) is 6.72. The molecule has 7 nitrogen and oxygen atoms in total. The van der Waals surface area contributed by atoms with Gasteiger partial charge in [-0.05, 0) is 12.8 Å². The van der Waals surface area contributed by atoms with E-state index in [0.717, 1.165) is 0 Å². The van der Waals surface area contributed by atoms with E-state index in [4.69, 9.17) is 20.8 Å². The van der Waals surface area contributed by atoms with E-state index < -0.39 is 5.41 Å². The molecule has 1 saturated heterocycles. The number of nitrogens with zero attached hydrogens (tertiary/aromatic N) is 2. The molecule has 1 amide bonds. The Hall–Kier alpha value is -1.34. The number of morpholine rings is 1. The molecule has 0 aromatic heterocycles. The number of aliphatic hydroxyl groups excluding tert-OH is 1. The Morgan fingerprint density at radius 1 is 1.53 bits per heavy atom. The van der Waals surface area contributed by atoms with Crippen LogP contribution in [0.3, 0.4) is 0 Å².